The topological polar surface area (TPSA) is 3.24 Å². The van der Waals surface area contributed by atoms with Crippen LogP contribution in [-0.4, -0.2) is 35.0 Å². The van der Waals surface area contributed by atoms with E-state index in [0.717, 1.165) is 0 Å². The Morgan fingerprint density at radius 2 is 1.17 bits per heavy atom. The lowest BCUT2D eigenvalue weighted by molar-refractivity contribution is 0.505. The molecule has 0 saturated heterocycles. The second kappa shape index (κ2) is 9.04. The fourth-order valence-electron chi connectivity index (χ4n) is 0. The number of nitrogens with zero attached hydrogens (tertiary/aromatic N) is 1. The Kier molecular flexibility index (Phi) is 14.5. The van der Waals surface area contributed by atoms with Crippen LogP contribution in [0.3, 0.4) is 0 Å². The van der Waals surface area contributed by atoms with Crippen molar-refractivity contribution >= 4 is 20.6 Å². The van der Waals surface area contributed by atoms with E-state index in [1.807, 2.05) is 26.0 Å². The van der Waals surface area contributed by atoms with Crippen LogP contribution < -0.4 is 0 Å². The summed E-state index contributed by atoms with van der Waals surface area (Å²) in [6.07, 6.45) is 0. The van der Waals surface area contributed by atoms with Crippen LogP contribution >= 0.6 is 11.6 Å². The van der Waals surface area contributed by atoms with Crippen LogP contribution in [-0.2, 0) is 0 Å². The highest BCUT2D eigenvalue weighted by molar-refractivity contribution is 7.83. The molecule has 0 spiro atoms. The van der Waals surface area contributed by atoms with Gasteiger partial charge in [-0.15, -0.1) is 11.6 Å². The SMILES string of the molecule is CN(C)C.[SiH2]=S. The first-order chi connectivity index (χ1) is 2.73. The summed E-state index contributed by atoms with van der Waals surface area (Å²) in [5.41, 5.74) is 0. The van der Waals surface area contributed by atoms with Gasteiger partial charge in [0.1, 0.15) is 0 Å². The zero-order valence-corrected chi connectivity index (χ0v) is 6.79. The van der Waals surface area contributed by atoms with Gasteiger partial charge in [0.05, 0.1) is 8.95 Å². The molecule has 0 atom stereocenters. The summed E-state index contributed by atoms with van der Waals surface area (Å²) in [6.45, 7) is 0. The van der Waals surface area contributed by atoms with Crippen LogP contribution in [0.4, 0.5) is 0 Å². The van der Waals surface area contributed by atoms with E-state index in [-0.39, 0.29) is 0 Å². The van der Waals surface area contributed by atoms with Gasteiger partial charge in [-0.3, -0.25) is 0 Å². The fraction of sp³-hybridized carbons (Fsp3) is 1.00. The summed E-state index contributed by atoms with van der Waals surface area (Å²) in [5.74, 6) is 0. The molecular weight excluding hydrogens is 110 g/mol. The van der Waals surface area contributed by atoms with E-state index >= 15 is 0 Å². The molecule has 1 nitrogen and oxygen atoms in total. The predicted octanol–water partition coefficient (Wildman–Crippen LogP) is -0.0902. The molecule has 6 heavy (non-hydrogen) atoms. The van der Waals surface area contributed by atoms with E-state index in [0.29, 0.717) is 0 Å². The van der Waals surface area contributed by atoms with Crippen LogP contribution in [0.2, 0.25) is 0 Å². The Labute approximate surface area is 47.3 Å². The van der Waals surface area contributed by atoms with Gasteiger partial charge in [0, 0.05) is 0 Å². The highest BCUT2D eigenvalue weighted by Crippen LogP contribution is 1.47. The van der Waals surface area contributed by atoms with E-state index in [1.54, 1.807) is 0 Å². The van der Waals surface area contributed by atoms with Gasteiger partial charge in [-0.25, -0.2) is 0 Å². The van der Waals surface area contributed by atoms with Crippen molar-refractivity contribution in [2.24, 2.45) is 0 Å². The summed E-state index contributed by atoms with van der Waals surface area (Å²) in [4.78, 5) is 2.00. The average Bonchev–Trinajstić information content (AvgIpc) is 1.41. The minimum atomic E-state index is 1.44. The van der Waals surface area contributed by atoms with Crippen LogP contribution in [0.15, 0.2) is 0 Å². The van der Waals surface area contributed by atoms with E-state index in [2.05, 4.69) is 11.6 Å². The van der Waals surface area contributed by atoms with E-state index in [4.69, 9.17) is 0 Å². The summed E-state index contributed by atoms with van der Waals surface area (Å²) in [5, 5.41) is 0. The van der Waals surface area contributed by atoms with Crippen molar-refractivity contribution in [2.75, 3.05) is 21.1 Å². The molecule has 3 heteroatoms. The van der Waals surface area contributed by atoms with Gasteiger partial charge in [-0.2, -0.15) is 0 Å². The van der Waals surface area contributed by atoms with Crippen molar-refractivity contribution in [3.05, 3.63) is 0 Å². The number of rotatable bonds is 0. The summed E-state index contributed by atoms with van der Waals surface area (Å²) >= 11 is 4.11. The van der Waals surface area contributed by atoms with Crippen molar-refractivity contribution in [1.29, 1.82) is 0 Å². The van der Waals surface area contributed by atoms with Gasteiger partial charge >= 0.3 is 0 Å². The molecule has 0 aromatic carbocycles. The first-order valence-electron chi connectivity index (χ1n) is 1.63. The third kappa shape index (κ3) is 322. The molecule has 0 bridgehead atoms. The molecule has 0 saturated carbocycles. The minimum Gasteiger partial charge on any atom is -0.312 e. The molecule has 0 aliphatic carbocycles. The molecule has 0 unspecified atom stereocenters. The maximum absolute atomic E-state index is 4.11. The molecule has 0 fully saturated rings. The molecule has 0 aliphatic rings. The van der Waals surface area contributed by atoms with E-state index in [9.17, 15) is 0 Å². The van der Waals surface area contributed by atoms with Crippen molar-refractivity contribution < 1.29 is 0 Å². The van der Waals surface area contributed by atoms with E-state index in [1.165, 1.54) is 8.95 Å². The Bertz CT molecular complexity index is 22.0. The van der Waals surface area contributed by atoms with Crippen molar-refractivity contribution in [3.63, 3.8) is 0 Å². The van der Waals surface area contributed by atoms with Crippen LogP contribution in [0.25, 0.3) is 0 Å². The van der Waals surface area contributed by atoms with Gasteiger partial charge < -0.3 is 4.90 Å². The second-order valence-electron chi connectivity index (χ2n) is 1.34. The molecule has 0 aromatic rings. The molecule has 0 N–H and O–H groups in total. The Hall–Kier alpha value is 0.397. The summed E-state index contributed by atoms with van der Waals surface area (Å²) in [7, 11) is 7.44. The maximum Gasteiger partial charge on any atom is 0.0612 e. The first kappa shape index (κ1) is 9.64. The smallest absolute Gasteiger partial charge is 0.0612 e. The van der Waals surface area contributed by atoms with Crippen LogP contribution in [0.5, 0.6) is 0 Å². The van der Waals surface area contributed by atoms with Crippen LogP contribution in [0, 0.1) is 0 Å². The van der Waals surface area contributed by atoms with Gasteiger partial charge in [0.2, 0.25) is 0 Å². The largest absolute Gasteiger partial charge is 0.312 e. The number of hydrogen-bond acceptors (Lipinski definition) is 2. The van der Waals surface area contributed by atoms with Crippen molar-refractivity contribution in [3.8, 4) is 0 Å². The fourth-order valence-corrected chi connectivity index (χ4v) is 0. The third-order valence-corrected chi connectivity index (χ3v) is 0. The molecule has 38 valence electrons. The zero-order chi connectivity index (χ0) is 5.58. The summed E-state index contributed by atoms with van der Waals surface area (Å²) in [6, 6.07) is 0. The lowest BCUT2D eigenvalue weighted by Crippen LogP contribution is -1.99. The molecule has 0 rings (SSSR count). The monoisotopic (exact) mass is 121 g/mol. The standard InChI is InChI=1S/C3H9N.H2SSi/c1-4(2)3;1-2/h1-3H3;2H2. The molecular formula is C3H11NSSi. The molecule has 0 aromatic heterocycles. The molecule has 0 heterocycles. The maximum atomic E-state index is 4.11. The van der Waals surface area contributed by atoms with Gasteiger partial charge in [-0.1, -0.05) is 0 Å². The van der Waals surface area contributed by atoms with Gasteiger partial charge in [0.25, 0.3) is 0 Å². The lowest BCUT2D eigenvalue weighted by Gasteiger charge is -1.90. The van der Waals surface area contributed by atoms with Crippen molar-refractivity contribution in [2.45, 2.75) is 0 Å². The highest BCUT2D eigenvalue weighted by atomic mass is 32.2. The van der Waals surface area contributed by atoms with E-state index < -0.39 is 0 Å². The normalized spacial score (nSPS) is 6.67. The van der Waals surface area contributed by atoms with Crippen molar-refractivity contribution in [1.82, 2.24) is 4.90 Å². The van der Waals surface area contributed by atoms with Gasteiger partial charge in [-0.05, 0) is 21.1 Å². The zero-order valence-electron chi connectivity index (χ0n) is 4.56. The quantitative estimate of drug-likeness (QED) is 0.412. The summed E-state index contributed by atoms with van der Waals surface area (Å²) < 4.78 is 0. The highest BCUT2D eigenvalue weighted by Gasteiger charge is 1.58. The average molecular weight is 121 g/mol. The molecule has 0 radical (unpaired) electrons. The third-order valence-electron chi connectivity index (χ3n) is 0. The number of hydrogen-bond donors (Lipinski definition) is 0. The minimum absolute atomic E-state index is 1.44. The van der Waals surface area contributed by atoms with Crippen LogP contribution in [0.1, 0.15) is 0 Å². The Balaban J connectivity index is 0. The molecule has 0 aliphatic heterocycles. The Morgan fingerprint density at radius 1 is 1.17 bits per heavy atom. The lowest BCUT2D eigenvalue weighted by atomic mass is 11.0. The predicted molar refractivity (Wildman–Crippen MR) is 35.7 cm³/mol. The molecule has 0 amide bonds. The second-order valence-corrected chi connectivity index (χ2v) is 1.34. The van der Waals surface area contributed by atoms with Gasteiger partial charge in [0.15, 0.2) is 0 Å². The Morgan fingerprint density at radius 3 is 1.17 bits per heavy atom. The first-order valence-corrected chi connectivity index (χ1v) is 3.94.